The Hall–Kier alpha value is -0.660. The molecule has 1 heterocycles. The molecule has 0 saturated carbocycles. The summed E-state index contributed by atoms with van der Waals surface area (Å²) < 4.78 is 0. The molecule has 0 saturated heterocycles. The van der Waals surface area contributed by atoms with Gasteiger partial charge in [-0.2, -0.15) is 0 Å². The van der Waals surface area contributed by atoms with Gasteiger partial charge in [0, 0.05) is 25.5 Å². The highest BCUT2D eigenvalue weighted by Gasteiger charge is 2.22. The van der Waals surface area contributed by atoms with Crippen molar-refractivity contribution in [3.8, 4) is 0 Å². The van der Waals surface area contributed by atoms with E-state index in [2.05, 4.69) is 43.0 Å². The Morgan fingerprint density at radius 1 is 0.684 bits per heavy atom. The van der Waals surface area contributed by atoms with Crippen molar-refractivity contribution in [2.24, 2.45) is 0 Å². The van der Waals surface area contributed by atoms with Crippen molar-refractivity contribution in [1.82, 2.24) is 9.80 Å². The number of hydrogen-bond donors (Lipinski definition) is 0. The quantitative estimate of drug-likeness (QED) is 0.487. The molecule has 1 aliphatic rings. The van der Waals surface area contributed by atoms with Crippen LogP contribution in [-0.4, -0.2) is 29.1 Å². The van der Waals surface area contributed by atoms with Crippen LogP contribution in [-0.2, 0) is 0 Å². The fourth-order valence-electron chi connectivity index (χ4n) is 2.99. The standard InChI is InChI=1S/C17H34N2/c1-4-7-8-9-10-11-12-14-19-16-15-18(13-5-2)17(19)6-3/h15-17H,4-14H2,1-3H3. The lowest BCUT2D eigenvalue weighted by Gasteiger charge is -2.32. The van der Waals surface area contributed by atoms with Gasteiger partial charge in [-0.05, 0) is 19.3 Å². The molecule has 0 aromatic heterocycles. The molecule has 1 aliphatic heterocycles. The van der Waals surface area contributed by atoms with Crippen LogP contribution in [0, 0.1) is 0 Å². The van der Waals surface area contributed by atoms with Crippen LogP contribution in [0.4, 0.5) is 0 Å². The zero-order chi connectivity index (χ0) is 13.9. The lowest BCUT2D eigenvalue weighted by Crippen LogP contribution is -2.38. The van der Waals surface area contributed by atoms with Crippen molar-refractivity contribution in [3.63, 3.8) is 0 Å². The van der Waals surface area contributed by atoms with Gasteiger partial charge in [0.1, 0.15) is 6.17 Å². The molecule has 1 rings (SSSR count). The first-order valence-electron chi connectivity index (χ1n) is 8.53. The second kappa shape index (κ2) is 10.2. The Morgan fingerprint density at radius 3 is 1.84 bits per heavy atom. The fraction of sp³-hybridized carbons (Fsp3) is 0.882. The van der Waals surface area contributed by atoms with Crippen LogP contribution in [0.25, 0.3) is 0 Å². The summed E-state index contributed by atoms with van der Waals surface area (Å²) in [6, 6.07) is 0. The van der Waals surface area contributed by atoms with Gasteiger partial charge in [-0.3, -0.25) is 0 Å². The van der Waals surface area contributed by atoms with Crippen LogP contribution in [0.1, 0.15) is 78.6 Å². The van der Waals surface area contributed by atoms with Crippen molar-refractivity contribution < 1.29 is 0 Å². The highest BCUT2D eigenvalue weighted by atomic mass is 15.4. The van der Waals surface area contributed by atoms with Crippen molar-refractivity contribution in [2.75, 3.05) is 13.1 Å². The summed E-state index contributed by atoms with van der Waals surface area (Å²) in [5, 5.41) is 0. The monoisotopic (exact) mass is 266 g/mol. The molecule has 0 N–H and O–H groups in total. The Labute approximate surface area is 120 Å². The molecule has 112 valence electrons. The first kappa shape index (κ1) is 16.4. The van der Waals surface area contributed by atoms with Gasteiger partial charge in [0.05, 0.1) is 0 Å². The first-order valence-corrected chi connectivity index (χ1v) is 8.53. The minimum atomic E-state index is 0.625. The van der Waals surface area contributed by atoms with E-state index < -0.39 is 0 Å². The predicted molar refractivity (Wildman–Crippen MR) is 84.9 cm³/mol. The summed E-state index contributed by atoms with van der Waals surface area (Å²) in [5.41, 5.74) is 0. The van der Waals surface area contributed by atoms with E-state index in [1.807, 2.05) is 0 Å². The van der Waals surface area contributed by atoms with Gasteiger partial charge in [0.25, 0.3) is 0 Å². The minimum Gasteiger partial charge on any atom is -0.356 e. The maximum absolute atomic E-state index is 2.54. The van der Waals surface area contributed by atoms with Gasteiger partial charge in [0.15, 0.2) is 0 Å². The fourth-order valence-corrected chi connectivity index (χ4v) is 2.99. The van der Waals surface area contributed by atoms with Crippen molar-refractivity contribution >= 4 is 0 Å². The SMILES string of the molecule is CCCCCCCCCN1C=CN(CCC)C1CC. The molecule has 0 radical (unpaired) electrons. The first-order chi connectivity index (χ1) is 9.33. The van der Waals surface area contributed by atoms with Gasteiger partial charge < -0.3 is 9.80 Å². The highest BCUT2D eigenvalue weighted by Crippen LogP contribution is 2.20. The summed E-state index contributed by atoms with van der Waals surface area (Å²) in [6.07, 6.45) is 17.5. The third kappa shape index (κ3) is 5.88. The lowest BCUT2D eigenvalue weighted by atomic mass is 10.1. The zero-order valence-electron chi connectivity index (χ0n) is 13.4. The maximum Gasteiger partial charge on any atom is 0.100 e. The van der Waals surface area contributed by atoms with Gasteiger partial charge in [-0.1, -0.05) is 59.3 Å². The normalized spacial score (nSPS) is 18.6. The van der Waals surface area contributed by atoms with Crippen molar-refractivity contribution in [2.45, 2.75) is 84.7 Å². The maximum atomic E-state index is 2.54. The third-order valence-corrected chi connectivity index (χ3v) is 4.08. The van der Waals surface area contributed by atoms with E-state index in [1.54, 1.807) is 0 Å². The highest BCUT2D eigenvalue weighted by molar-refractivity contribution is 4.96. The summed E-state index contributed by atoms with van der Waals surface area (Å²) >= 11 is 0. The van der Waals surface area contributed by atoms with Gasteiger partial charge in [-0.15, -0.1) is 0 Å². The molecule has 0 spiro atoms. The summed E-state index contributed by atoms with van der Waals surface area (Å²) in [6.45, 7) is 9.29. The van der Waals surface area contributed by atoms with E-state index in [1.165, 1.54) is 70.9 Å². The molecule has 1 unspecified atom stereocenters. The van der Waals surface area contributed by atoms with Crippen molar-refractivity contribution in [3.05, 3.63) is 12.4 Å². The van der Waals surface area contributed by atoms with E-state index in [0.717, 1.165) is 0 Å². The summed E-state index contributed by atoms with van der Waals surface area (Å²) in [5.74, 6) is 0. The minimum absolute atomic E-state index is 0.625. The van der Waals surface area contributed by atoms with E-state index in [-0.39, 0.29) is 0 Å². The Bertz CT molecular complexity index is 237. The van der Waals surface area contributed by atoms with E-state index >= 15 is 0 Å². The molecule has 19 heavy (non-hydrogen) atoms. The Morgan fingerprint density at radius 2 is 1.26 bits per heavy atom. The molecule has 1 atom stereocenters. The molecule has 0 aromatic carbocycles. The Balaban J connectivity index is 2.10. The van der Waals surface area contributed by atoms with Crippen molar-refractivity contribution in [1.29, 1.82) is 0 Å². The second-order valence-electron chi connectivity index (χ2n) is 5.78. The largest absolute Gasteiger partial charge is 0.356 e. The molecule has 0 aromatic rings. The number of unbranched alkanes of at least 4 members (excludes halogenated alkanes) is 6. The van der Waals surface area contributed by atoms with Crippen LogP contribution in [0.2, 0.25) is 0 Å². The number of nitrogens with zero attached hydrogens (tertiary/aromatic N) is 2. The summed E-state index contributed by atoms with van der Waals surface area (Å²) in [4.78, 5) is 5.04. The smallest absolute Gasteiger partial charge is 0.100 e. The molecular weight excluding hydrogens is 232 g/mol. The number of hydrogen-bond acceptors (Lipinski definition) is 2. The van der Waals surface area contributed by atoms with Crippen LogP contribution < -0.4 is 0 Å². The molecule has 2 nitrogen and oxygen atoms in total. The van der Waals surface area contributed by atoms with E-state index in [0.29, 0.717) is 6.17 Å². The van der Waals surface area contributed by atoms with E-state index in [9.17, 15) is 0 Å². The van der Waals surface area contributed by atoms with Crippen LogP contribution in [0.3, 0.4) is 0 Å². The molecule has 0 bridgehead atoms. The number of rotatable bonds is 11. The second-order valence-corrected chi connectivity index (χ2v) is 5.78. The van der Waals surface area contributed by atoms with Crippen LogP contribution in [0.5, 0.6) is 0 Å². The zero-order valence-corrected chi connectivity index (χ0v) is 13.4. The summed E-state index contributed by atoms with van der Waals surface area (Å²) in [7, 11) is 0. The van der Waals surface area contributed by atoms with Gasteiger partial charge >= 0.3 is 0 Å². The van der Waals surface area contributed by atoms with Gasteiger partial charge in [-0.25, -0.2) is 0 Å². The Kier molecular flexibility index (Phi) is 8.77. The molecule has 0 aliphatic carbocycles. The van der Waals surface area contributed by atoms with Crippen LogP contribution >= 0.6 is 0 Å². The lowest BCUT2D eigenvalue weighted by molar-refractivity contribution is 0.146. The average Bonchev–Trinajstić information content (AvgIpc) is 2.80. The van der Waals surface area contributed by atoms with E-state index in [4.69, 9.17) is 0 Å². The third-order valence-electron chi connectivity index (χ3n) is 4.08. The predicted octanol–water partition coefficient (Wildman–Crippen LogP) is 4.97. The van der Waals surface area contributed by atoms with Crippen LogP contribution in [0.15, 0.2) is 12.4 Å². The molecule has 0 fully saturated rings. The van der Waals surface area contributed by atoms with Gasteiger partial charge in [0.2, 0.25) is 0 Å². The molecular formula is C17H34N2. The molecule has 2 heteroatoms. The average molecular weight is 266 g/mol. The molecule has 0 amide bonds. The topological polar surface area (TPSA) is 6.48 Å².